The molecule has 74 valence electrons. The van der Waals surface area contributed by atoms with Crippen molar-refractivity contribution < 1.29 is 4.79 Å². The van der Waals surface area contributed by atoms with Gasteiger partial charge in [0.1, 0.15) is 0 Å². The van der Waals surface area contributed by atoms with Crippen molar-refractivity contribution in [3.05, 3.63) is 35.4 Å². The first kappa shape index (κ1) is 9.59. The van der Waals surface area contributed by atoms with Crippen molar-refractivity contribution >= 4 is 17.7 Å². The number of hydrogen-bond donors (Lipinski definition) is 1. The minimum absolute atomic E-state index is 0.148. The molecule has 1 heterocycles. The van der Waals surface area contributed by atoms with E-state index in [9.17, 15) is 4.79 Å². The van der Waals surface area contributed by atoms with Crippen LogP contribution in [-0.2, 0) is 4.79 Å². The van der Waals surface area contributed by atoms with Gasteiger partial charge in [0.15, 0.2) is 0 Å². The fourth-order valence-corrected chi connectivity index (χ4v) is 2.58. The van der Waals surface area contributed by atoms with Gasteiger partial charge in [-0.3, -0.25) is 4.79 Å². The summed E-state index contributed by atoms with van der Waals surface area (Å²) in [5.74, 6) is 1.73. The Balaban J connectivity index is 2.22. The van der Waals surface area contributed by atoms with Crippen molar-refractivity contribution in [3.8, 4) is 0 Å². The Hall–Kier alpha value is -0.960. The Morgan fingerprint density at radius 3 is 2.93 bits per heavy atom. The summed E-state index contributed by atoms with van der Waals surface area (Å²) in [6.45, 7) is 2.08. The van der Waals surface area contributed by atoms with Crippen LogP contribution in [0.4, 0.5) is 0 Å². The van der Waals surface area contributed by atoms with Gasteiger partial charge in [-0.2, -0.15) is 0 Å². The van der Waals surface area contributed by atoms with E-state index >= 15 is 0 Å². The SMILES string of the molecule is Cc1ccccc1C1CSCC(=O)N1. The van der Waals surface area contributed by atoms with E-state index < -0.39 is 0 Å². The summed E-state index contributed by atoms with van der Waals surface area (Å²) < 4.78 is 0. The van der Waals surface area contributed by atoms with E-state index in [4.69, 9.17) is 0 Å². The maximum Gasteiger partial charge on any atom is 0.230 e. The maximum atomic E-state index is 11.2. The molecular weight excluding hydrogens is 194 g/mol. The topological polar surface area (TPSA) is 29.1 Å². The highest BCUT2D eigenvalue weighted by Gasteiger charge is 2.20. The lowest BCUT2D eigenvalue weighted by molar-refractivity contribution is -0.119. The van der Waals surface area contributed by atoms with Crippen molar-refractivity contribution in [2.24, 2.45) is 0 Å². The molecule has 0 aliphatic carbocycles. The van der Waals surface area contributed by atoms with Crippen LogP contribution in [0.3, 0.4) is 0 Å². The highest BCUT2D eigenvalue weighted by Crippen LogP contribution is 2.24. The van der Waals surface area contributed by atoms with Crippen molar-refractivity contribution in [3.63, 3.8) is 0 Å². The maximum absolute atomic E-state index is 11.2. The highest BCUT2D eigenvalue weighted by atomic mass is 32.2. The number of hydrogen-bond acceptors (Lipinski definition) is 2. The normalized spacial score (nSPS) is 21.8. The molecule has 1 aromatic carbocycles. The fraction of sp³-hybridized carbons (Fsp3) is 0.364. The van der Waals surface area contributed by atoms with Gasteiger partial charge in [-0.15, -0.1) is 11.8 Å². The third-order valence-electron chi connectivity index (χ3n) is 2.42. The van der Waals surface area contributed by atoms with Crippen molar-refractivity contribution in [1.29, 1.82) is 0 Å². The predicted molar refractivity (Wildman–Crippen MR) is 59.4 cm³/mol. The van der Waals surface area contributed by atoms with Crippen molar-refractivity contribution in [1.82, 2.24) is 5.32 Å². The third kappa shape index (κ3) is 1.93. The van der Waals surface area contributed by atoms with Crippen molar-refractivity contribution in [2.45, 2.75) is 13.0 Å². The van der Waals surface area contributed by atoms with E-state index in [-0.39, 0.29) is 11.9 Å². The van der Waals surface area contributed by atoms with E-state index in [1.807, 2.05) is 12.1 Å². The third-order valence-corrected chi connectivity index (χ3v) is 3.45. The lowest BCUT2D eigenvalue weighted by Gasteiger charge is -2.24. The first-order chi connectivity index (χ1) is 6.77. The number of thioether (sulfide) groups is 1. The van der Waals surface area contributed by atoms with Gasteiger partial charge in [-0.05, 0) is 18.1 Å². The molecule has 0 aromatic heterocycles. The van der Waals surface area contributed by atoms with Crippen LogP contribution in [0.2, 0.25) is 0 Å². The highest BCUT2D eigenvalue weighted by molar-refractivity contribution is 8.00. The Bertz CT molecular complexity index is 351. The van der Waals surface area contributed by atoms with Gasteiger partial charge in [0.25, 0.3) is 0 Å². The van der Waals surface area contributed by atoms with Crippen LogP contribution in [0.1, 0.15) is 17.2 Å². The molecule has 1 aromatic rings. The standard InChI is InChI=1S/C11H13NOS/c1-8-4-2-3-5-9(8)10-6-14-7-11(13)12-10/h2-5,10H,6-7H2,1H3,(H,12,13). The Labute approximate surface area is 88.1 Å². The second-order valence-electron chi connectivity index (χ2n) is 3.49. The van der Waals surface area contributed by atoms with Crippen molar-refractivity contribution in [2.75, 3.05) is 11.5 Å². The van der Waals surface area contributed by atoms with Gasteiger partial charge in [0, 0.05) is 5.75 Å². The zero-order valence-electron chi connectivity index (χ0n) is 8.12. The molecule has 0 radical (unpaired) electrons. The Morgan fingerprint density at radius 1 is 1.43 bits per heavy atom. The van der Waals surface area contributed by atoms with E-state index in [0.717, 1.165) is 5.75 Å². The van der Waals surface area contributed by atoms with Gasteiger partial charge < -0.3 is 5.32 Å². The summed E-state index contributed by atoms with van der Waals surface area (Å²) in [6.07, 6.45) is 0. The average molecular weight is 207 g/mol. The lowest BCUT2D eigenvalue weighted by atomic mass is 10.0. The number of amides is 1. The summed E-state index contributed by atoms with van der Waals surface area (Å²) in [6, 6.07) is 8.42. The molecule has 1 aliphatic rings. The summed E-state index contributed by atoms with van der Waals surface area (Å²) >= 11 is 1.70. The molecule has 1 amide bonds. The van der Waals surface area contributed by atoms with Crippen LogP contribution in [0.5, 0.6) is 0 Å². The molecule has 2 rings (SSSR count). The van der Waals surface area contributed by atoms with Crippen LogP contribution in [0.15, 0.2) is 24.3 Å². The average Bonchev–Trinajstić information content (AvgIpc) is 2.18. The van der Waals surface area contributed by atoms with E-state index in [1.165, 1.54) is 11.1 Å². The van der Waals surface area contributed by atoms with Crippen LogP contribution >= 0.6 is 11.8 Å². The lowest BCUT2D eigenvalue weighted by Crippen LogP contribution is -2.36. The minimum atomic E-state index is 0.148. The smallest absolute Gasteiger partial charge is 0.230 e. The molecule has 1 fully saturated rings. The zero-order chi connectivity index (χ0) is 9.97. The van der Waals surface area contributed by atoms with E-state index in [0.29, 0.717) is 5.75 Å². The number of rotatable bonds is 1. The van der Waals surface area contributed by atoms with E-state index in [2.05, 4.69) is 24.4 Å². The number of aryl methyl sites for hydroxylation is 1. The minimum Gasteiger partial charge on any atom is -0.348 e. The zero-order valence-corrected chi connectivity index (χ0v) is 8.93. The molecule has 0 bridgehead atoms. The van der Waals surface area contributed by atoms with Gasteiger partial charge in [0.05, 0.1) is 11.8 Å². The monoisotopic (exact) mass is 207 g/mol. The van der Waals surface area contributed by atoms with Gasteiger partial charge in [0.2, 0.25) is 5.91 Å². The fourth-order valence-electron chi connectivity index (χ4n) is 1.69. The van der Waals surface area contributed by atoms with Crippen LogP contribution < -0.4 is 5.32 Å². The summed E-state index contributed by atoms with van der Waals surface area (Å²) in [4.78, 5) is 11.2. The molecule has 1 atom stereocenters. The molecule has 2 nitrogen and oxygen atoms in total. The van der Waals surface area contributed by atoms with E-state index in [1.54, 1.807) is 11.8 Å². The van der Waals surface area contributed by atoms with Gasteiger partial charge >= 0.3 is 0 Å². The number of nitrogens with one attached hydrogen (secondary N) is 1. The molecule has 0 saturated carbocycles. The molecule has 1 aliphatic heterocycles. The quantitative estimate of drug-likeness (QED) is 0.762. The molecule has 3 heteroatoms. The largest absolute Gasteiger partial charge is 0.348 e. The number of carbonyl (C=O) groups excluding carboxylic acids is 1. The molecule has 14 heavy (non-hydrogen) atoms. The molecule has 1 saturated heterocycles. The van der Waals surface area contributed by atoms with Crippen LogP contribution in [-0.4, -0.2) is 17.4 Å². The molecule has 0 spiro atoms. The van der Waals surface area contributed by atoms with Crippen LogP contribution in [0.25, 0.3) is 0 Å². The Kier molecular flexibility index (Phi) is 2.77. The second-order valence-corrected chi connectivity index (χ2v) is 4.52. The number of carbonyl (C=O) groups is 1. The van der Waals surface area contributed by atoms with Gasteiger partial charge in [-0.25, -0.2) is 0 Å². The van der Waals surface area contributed by atoms with Crippen LogP contribution in [0, 0.1) is 6.92 Å². The molecule has 1 N–H and O–H groups in total. The van der Waals surface area contributed by atoms with Gasteiger partial charge in [-0.1, -0.05) is 24.3 Å². The molecular formula is C11H13NOS. The Morgan fingerprint density at radius 2 is 2.21 bits per heavy atom. The second kappa shape index (κ2) is 4.05. The first-order valence-electron chi connectivity index (χ1n) is 4.70. The first-order valence-corrected chi connectivity index (χ1v) is 5.85. The number of benzene rings is 1. The molecule has 1 unspecified atom stereocenters. The predicted octanol–water partition coefficient (Wildman–Crippen LogP) is 1.90. The summed E-state index contributed by atoms with van der Waals surface area (Å²) in [5.41, 5.74) is 2.49. The summed E-state index contributed by atoms with van der Waals surface area (Å²) in [5, 5.41) is 3.01. The summed E-state index contributed by atoms with van der Waals surface area (Å²) in [7, 11) is 0.